The zero-order valence-corrected chi connectivity index (χ0v) is 14.3. The van der Waals surface area contributed by atoms with Gasteiger partial charge in [-0.05, 0) is 23.8 Å². The van der Waals surface area contributed by atoms with Gasteiger partial charge in [-0.15, -0.1) is 0 Å². The minimum absolute atomic E-state index is 0.0326. The number of furan rings is 1. The highest BCUT2D eigenvalue weighted by Crippen LogP contribution is 2.36. The van der Waals surface area contributed by atoms with Crippen molar-refractivity contribution in [3.63, 3.8) is 0 Å². The summed E-state index contributed by atoms with van der Waals surface area (Å²) in [7, 11) is 0. The summed E-state index contributed by atoms with van der Waals surface area (Å²) in [6.07, 6.45) is -9.15. The highest BCUT2D eigenvalue weighted by atomic mass is 32.1. The van der Waals surface area contributed by atoms with Gasteiger partial charge in [-0.3, -0.25) is 0 Å². The molecule has 0 fully saturated rings. The van der Waals surface area contributed by atoms with E-state index in [1.54, 1.807) is 0 Å². The van der Waals surface area contributed by atoms with Crippen LogP contribution in [0.4, 0.5) is 36.8 Å². The maximum absolute atomic E-state index is 12.8. The van der Waals surface area contributed by atoms with Gasteiger partial charge in [-0.2, -0.15) is 26.3 Å². The monoisotopic (exact) mass is 428 g/mol. The molecule has 2 amide bonds. The Morgan fingerprint density at radius 3 is 2.00 bits per heavy atom. The van der Waals surface area contributed by atoms with Crippen LogP contribution in [0.3, 0.4) is 0 Å². The summed E-state index contributed by atoms with van der Waals surface area (Å²) in [5.74, 6) is -1.92. The molecule has 0 saturated heterocycles. The van der Waals surface area contributed by atoms with Crippen LogP contribution in [-0.4, -0.2) is 17.1 Å². The van der Waals surface area contributed by atoms with E-state index >= 15 is 0 Å². The summed E-state index contributed by atoms with van der Waals surface area (Å²) in [6.45, 7) is -0.674. The fourth-order valence-corrected chi connectivity index (χ4v) is 2.22. The van der Waals surface area contributed by atoms with Crippen molar-refractivity contribution >= 4 is 30.5 Å². The first-order valence-corrected chi connectivity index (χ1v) is 7.56. The molecule has 2 N–H and O–H groups in total. The van der Waals surface area contributed by atoms with Crippen LogP contribution >= 0.6 is 12.8 Å². The van der Waals surface area contributed by atoms with Crippen LogP contribution in [0.5, 0.6) is 0 Å². The zero-order valence-electron chi connectivity index (χ0n) is 13.4. The summed E-state index contributed by atoms with van der Waals surface area (Å²) in [4.78, 5) is 22.7. The Balaban J connectivity index is 2.18. The second kappa shape index (κ2) is 7.66. The number of hydrogen-bond acceptors (Lipinski definition) is 4. The number of urea groups is 1. The molecule has 13 heteroatoms. The van der Waals surface area contributed by atoms with Gasteiger partial charge in [0.25, 0.3) is 0 Å². The number of carboxylic acid groups (broad SMARTS) is 1. The fraction of sp³-hybridized carbons (Fsp3) is 0.200. The standard InChI is InChI=1S/C15H10F6N2O4S/c16-14(17,18)8-1-7(2-9(3-8)15(19,20)21)5-22-13(26)23(28)10-4-11(12(24)25)27-6-10/h1-4,6,28H,5H2,(H,22,26)(H,24,25). The Hall–Kier alpha value is -2.83. The van der Waals surface area contributed by atoms with Crippen LogP contribution in [0.15, 0.2) is 34.9 Å². The number of amides is 2. The highest BCUT2D eigenvalue weighted by molar-refractivity contribution is 7.82. The summed E-state index contributed by atoms with van der Waals surface area (Å²) in [6, 6.07) is 0.820. The molecule has 0 spiro atoms. The average molecular weight is 428 g/mol. The number of thiol groups is 1. The van der Waals surface area contributed by atoms with Crippen LogP contribution in [0.25, 0.3) is 0 Å². The van der Waals surface area contributed by atoms with E-state index in [9.17, 15) is 35.9 Å². The van der Waals surface area contributed by atoms with Crippen LogP contribution < -0.4 is 9.62 Å². The number of nitrogens with one attached hydrogen (secondary N) is 1. The third-order valence-corrected chi connectivity index (χ3v) is 3.74. The number of halogens is 6. The van der Waals surface area contributed by atoms with Crippen molar-refractivity contribution in [3.05, 3.63) is 53.0 Å². The van der Waals surface area contributed by atoms with Crippen molar-refractivity contribution in [1.82, 2.24) is 5.32 Å². The van der Waals surface area contributed by atoms with Gasteiger partial charge in [0, 0.05) is 12.6 Å². The Morgan fingerprint density at radius 2 is 1.57 bits per heavy atom. The van der Waals surface area contributed by atoms with E-state index < -0.39 is 53.3 Å². The summed E-state index contributed by atoms with van der Waals surface area (Å²) in [5.41, 5.74) is -3.60. The maximum atomic E-state index is 12.8. The van der Waals surface area contributed by atoms with E-state index in [1.807, 2.05) is 0 Å². The lowest BCUT2D eigenvalue weighted by molar-refractivity contribution is -0.143. The molecular weight excluding hydrogens is 418 g/mol. The molecular formula is C15H10F6N2O4S. The molecule has 1 aromatic carbocycles. The number of anilines is 1. The molecule has 0 aliphatic rings. The van der Waals surface area contributed by atoms with Crippen molar-refractivity contribution < 1.29 is 45.5 Å². The molecule has 2 rings (SSSR count). The van der Waals surface area contributed by atoms with E-state index in [-0.39, 0.29) is 11.8 Å². The van der Waals surface area contributed by atoms with Gasteiger partial charge in [0.15, 0.2) is 0 Å². The third-order valence-electron chi connectivity index (χ3n) is 3.32. The first-order chi connectivity index (χ1) is 12.8. The molecule has 1 heterocycles. The van der Waals surface area contributed by atoms with Crippen molar-refractivity contribution in [3.8, 4) is 0 Å². The second-order valence-corrected chi connectivity index (χ2v) is 5.76. The van der Waals surface area contributed by atoms with Gasteiger partial charge < -0.3 is 14.8 Å². The molecule has 0 aliphatic carbocycles. The first kappa shape index (κ1) is 21.5. The largest absolute Gasteiger partial charge is 0.475 e. The zero-order chi connectivity index (χ0) is 21.3. The van der Waals surface area contributed by atoms with Crippen molar-refractivity contribution in [2.24, 2.45) is 0 Å². The Labute approximate surface area is 158 Å². The molecule has 0 radical (unpaired) electrons. The molecule has 0 atom stereocenters. The average Bonchev–Trinajstić information content (AvgIpc) is 3.07. The molecule has 28 heavy (non-hydrogen) atoms. The number of nitrogens with zero attached hydrogens (tertiary/aromatic N) is 1. The van der Waals surface area contributed by atoms with Crippen LogP contribution in [0.1, 0.15) is 27.2 Å². The van der Waals surface area contributed by atoms with Crippen LogP contribution in [-0.2, 0) is 18.9 Å². The number of benzene rings is 1. The number of carbonyl (C=O) groups excluding carboxylic acids is 1. The number of rotatable bonds is 4. The Kier molecular flexibility index (Phi) is 5.87. The molecule has 1 aromatic heterocycles. The lowest BCUT2D eigenvalue weighted by Crippen LogP contribution is -2.33. The van der Waals surface area contributed by atoms with Crippen molar-refractivity contribution in [2.75, 3.05) is 4.31 Å². The predicted molar refractivity (Wildman–Crippen MR) is 85.8 cm³/mol. The lowest BCUT2D eigenvalue weighted by atomic mass is 10.0. The SMILES string of the molecule is O=C(O)c1cc(N(S)C(=O)NCc2cc(C(F)(F)F)cc(C(F)(F)F)c2)co1. The molecule has 152 valence electrons. The van der Waals surface area contributed by atoms with Crippen molar-refractivity contribution in [2.45, 2.75) is 18.9 Å². The number of carbonyl (C=O) groups is 2. The predicted octanol–water partition coefficient (Wildman–Crippen LogP) is 4.58. The van der Waals surface area contributed by atoms with E-state index in [1.165, 1.54) is 0 Å². The summed E-state index contributed by atoms with van der Waals surface area (Å²) in [5, 5.41) is 10.8. The number of carboxylic acids is 1. The molecule has 0 saturated carbocycles. The topological polar surface area (TPSA) is 82.8 Å². The highest BCUT2D eigenvalue weighted by Gasteiger charge is 2.36. The minimum Gasteiger partial charge on any atom is -0.475 e. The van der Waals surface area contributed by atoms with E-state index in [4.69, 9.17) is 5.11 Å². The number of hydrogen-bond donors (Lipinski definition) is 3. The van der Waals surface area contributed by atoms with Crippen molar-refractivity contribution in [1.29, 1.82) is 0 Å². The maximum Gasteiger partial charge on any atom is 0.416 e. The summed E-state index contributed by atoms with van der Waals surface area (Å²) < 4.78 is 82.1. The molecule has 0 unspecified atom stereocenters. The lowest BCUT2D eigenvalue weighted by Gasteiger charge is -2.16. The minimum atomic E-state index is -5.01. The first-order valence-electron chi connectivity index (χ1n) is 7.16. The van der Waals surface area contributed by atoms with Gasteiger partial charge in [-0.25, -0.2) is 13.9 Å². The second-order valence-electron chi connectivity index (χ2n) is 5.36. The van der Waals surface area contributed by atoms with E-state index in [2.05, 4.69) is 22.5 Å². The quantitative estimate of drug-likeness (QED) is 0.492. The van der Waals surface area contributed by atoms with Gasteiger partial charge in [0.2, 0.25) is 5.76 Å². The Bertz CT molecular complexity index is 861. The fourth-order valence-electron chi connectivity index (χ4n) is 2.04. The molecule has 0 bridgehead atoms. The van der Waals surface area contributed by atoms with Gasteiger partial charge >= 0.3 is 24.4 Å². The smallest absolute Gasteiger partial charge is 0.416 e. The molecule has 2 aromatic rings. The van der Waals surface area contributed by atoms with E-state index in [0.29, 0.717) is 16.4 Å². The number of alkyl halides is 6. The Morgan fingerprint density at radius 1 is 1.04 bits per heavy atom. The normalized spacial score (nSPS) is 12.0. The molecule has 6 nitrogen and oxygen atoms in total. The van der Waals surface area contributed by atoms with Gasteiger partial charge in [-0.1, -0.05) is 12.8 Å². The van der Waals surface area contributed by atoms with E-state index in [0.717, 1.165) is 12.3 Å². The van der Waals surface area contributed by atoms with Gasteiger partial charge in [0.05, 0.1) is 16.8 Å². The van der Waals surface area contributed by atoms with Crippen LogP contribution in [0.2, 0.25) is 0 Å². The third kappa shape index (κ3) is 5.12. The number of aromatic carboxylic acids is 1. The van der Waals surface area contributed by atoms with Gasteiger partial charge in [0.1, 0.15) is 6.26 Å². The molecule has 0 aliphatic heterocycles. The summed E-state index contributed by atoms with van der Waals surface area (Å²) >= 11 is 3.78. The van der Waals surface area contributed by atoms with Crippen LogP contribution in [0, 0.1) is 0 Å².